The highest BCUT2D eigenvalue weighted by Gasteiger charge is 2.37. The van der Waals surface area contributed by atoms with Gasteiger partial charge in [0.15, 0.2) is 0 Å². The molecule has 8 heteroatoms. The van der Waals surface area contributed by atoms with Crippen LogP contribution in [0.1, 0.15) is 30.1 Å². The summed E-state index contributed by atoms with van der Waals surface area (Å²) in [5.74, 6) is -1.50. The maximum atomic E-state index is 12.7. The number of carbonyl (C=O) groups excluding carboxylic acids is 2. The maximum Gasteiger partial charge on any atom is 0.401 e. The number of esters is 1. The number of likely N-dealkylation sites (tertiary alicyclic amines) is 1. The smallest absolute Gasteiger partial charge is 0.401 e. The van der Waals surface area contributed by atoms with Gasteiger partial charge in [0.1, 0.15) is 0 Å². The molecule has 0 bridgehead atoms. The molecule has 1 amide bonds. The van der Waals surface area contributed by atoms with Gasteiger partial charge < -0.3 is 10.1 Å². The van der Waals surface area contributed by atoms with Crippen molar-refractivity contribution in [3.8, 4) is 0 Å². The second kappa shape index (κ2) is 9.02. The summed E-state index contributed by atoms with van der Waals surface area (Å²) in [5, 5.41) is 2.80. The van der Waals surface area contributed by atoms with Crippen LogP contribution in [-0.2, 0) is 9.53 Å². The number of rotatable bonds is 5. The van der Waals surface area contributed by atoms with E-state index < -0.39 is 30.7 Å². The molecule has 1 aliphatic heterocycles. The third-order valence-corrected chi connectivity index (χ3v) is 4.34. The van der Waals surface area contributed by atoms with E-state index in [1.54, 1.807) is 37.3 Å². The molecule has 1 saturated heterocycles. The lowest BCUT2D eigenvalue weighted by atomic mass is 9.94. The van der Waals surface area contributed by atoms with Crippen LogP contribution in [0, 0.1) is 5.92 Å². The van der Waals surface area contributed by atoms with Crippen LogP contribution >= 0.6 is 0 Å². The zero-order valence-electron chi connectivity index (χ0n) is 14.6. The third-order valence-electron chi connectivity index (χ3n) is 4.34. The molecule has 26 heavy (non-hydrogen) atoms. The molecule has 144 valence electrons. The van der Waals surface area contributed by atoms with Crippen molar-refractivity contribution >= 4 is 11.9 Å². The highest BCUT2D eigenvalue weighted by molar-refractivity contribution is 5.94. The van der Waals surface area contributed by atoms with E-state index in [4.69, 9.17) is 4.74 Å². The summed E-state index contributed by atoms with van der Waals surface area (Å²) >= 11 is 0. The van der Waals surface area contributed by atoms with Gasteiger partial charge in [-0.05, 0) is 38.4 Å². The molecular formula is C18H23F3N2O3. The van der Waals surface area contributed by atoms with Gasteiger partial charge in [0.25, 0.3) is 5.91 Å². The van der Waals surface area contributed by atoms with Crippen LogP contribution in [0.2, 0.25) is 0 Å². The fraction of sp³-hybridized carbons (Fsp3) is 0.556. The third kappa shape index (κ3) is 6.01. The molecule has 1 fully saturated rings. The molecule has 0 radical (unpaired) electrons. The van der Waals surface area contributed by atoms with Crippen LogP contribution in [-0.4, -0.2) is 55.2 Å². The molecule has 2 rings (SSSR count). The fourth-order valence-electron chi connectivity index (χ4n) is 3.11. The van der Waals surface area contributed by atoms with Crippen molar-refractivity contribution in [3.63, 3.8) is 0 Å². The lowest BCUT2D eigenvalue weighted by molar-refractivity contribution is -0.149. The quantitative estimate of drug-likeness (QED) is 0.808. The molecule has 1 aliphatic rings. The Morgan fingerprint density at radius 2 is 1.85 bits per heavy atom. The zero-order valence-corrected chi connectivity index (χ0v) is 14.6. The molecule has 5 nitrogen and oxygen atoms in total. The van der Waals surface area contributed by atoms with Gasteiger partial charge in [-0.3, -0.25) is 14.5 Å². The second-order valence-electron chi connectivity index (χ2n) is 6.27. The summed E-state index contributed by atoms with van der Waals surface area (Å²) in [5.41, 5.74) is 0.437. The van der Waals surface area contributed by atoms with Crippen LogP contribution < -0.4 is 5.32 Å². The van der Waals surface area contributed by atoms with Crippen LogP contribution in [0.4, 0.5) is 13.2 Å². The number of ether oxygens (including phenoxy) is 1. The number of nitrogens with zero attached hydrogens (tertiary/aromatic N) is 1. The molecule has 2 atom stereocenters. The van der Waals surface area contributed by atoms with E-state index in [2.05, 4.69) is 5.32 Å². The summed E-state index contributed by atoms with van der Waals surface area (Å²) in [6.45, 7) is 1.10. The Bertz CT molecular complexity index is 607. The first-order valence-corrected chi connectivity index (χ1v) is 8.62. The number of halogens is 3. The van der Waals surface area contributed by atoms with Gasteiger partial charge in [0.2, 0.25) is 0 Å². The topological polar surface area (TPSA) is 58.6 Å². The lowest BCUT2D eigenvalue weighted by Crippen LogP contribution is -2.44. The minimum atomic E-state index is -4.30. The van der Waals surface area contributed by atoms with E-state index in [1.165, 1.54) is 4.90 Å². The highest BCUT2D eigenvalue weighted by Crippen LogP contribution is 2.24. The normalized spacial score (nSPS) is 21.7. The van der Waals surface area contributed by atoms with Gasteiger partial charge in [-0.1, -0.05) is 18.2 Å². The van der Waals surface area contributed by atoms with Gasteiger partial charge >= 0.3 is 12.1 Å². The maximum absolute atomic E-state index is 12.7. The number of benzene rings is 1. The van der Waals surface area contributed by atoms with Crippen LogP contribution in [0.25, 0.3) is 0 Å². The van der Waals surface area contributed by atoms with E-state index in [-0.39, 0.29) is 38.4 Å². The monoisotopic (exact) mass is 372 g/mol. The Morgan fingerprint density at radius 1 is 1.19 bits per heavy atom. The fourth-order valence-corrected chi connectivity index (χ4v) is 3.11. The summed E-state index contributed by atoms with van der Waals surface area (Å²) in [4.78, 5) is 25.9. The summed E-state index contributed by atoms with van der Waals surface area (Å²) in [7, 11) is 0. The number of nitrogens with one attached hydrogen (secondary N) is 1. The van der Waals surface area contributed by atoms with Crippen molar-refractivity contribution < 1.29 is 27.5 Å². The number of carbonyl (C=O) groups is 2. The average Bonchev–Trinajstić information content (AvgIpc) is 2.77. The van der Waals surface area contributed by atoms with E-state index in [9.17, 15) is 22.8 Å². The minimum Gasteiger partial charge on any atom is -0.466 e. The van der Waals surface area contributed by atoms with Gasteiger partial charge in [0, 0.05) is 18.2 Å². The van der Waals surface area contributed by atoms with Crippen molar-refractivity contribution in [1.29, 1.82) is 0 Å². The van der Waals surface area contributed by atoms with E-state index in [0.29, 0.717) is 5.56 Å². The Balaban J connectivity index is 2.10. The standard InChI is InChI=1S/C18H23F3N2O3/c1-2-26-17(25)14-8-10-23(12-18(19,20)21)11-9-15(14)22-16(24)13-6-4-3-5-7-13/h3-7,14-15H,2,8-12H2,1H3,(H,22,24)/t14-,15+/m1/s1. The zero-order chi connectivity index (χ0) is 19.2. The van der Waals surface area contributed by atoms with Crippen molar-refractivity contribution in [2.45, 2.75) is 32.0 Å². The summed E-state index contributed by atoms with van der Waals surface area (Å²) < 4.78 is 43.1. The van der Waals surface area contributed by atoms with Crippen molar-refractivity contribution in [2.24, 2.45) is 5.92 Å². The van der Waals surface area contributed by atoms with Crippen molar-refractivity contribution in [3.05, 3.63) is 35.9 Å². The number of amides is 1. The Morgan fingerprint density at radius 3 is 2.46 bits per heavy atom. The van der Waals surface area contributed by atoms with E-state index >= 15 is 0 Å². The average molecular weight is 372 g/mol. The highest BCUT2D eigenvalue weighted by atomic mass is 19.4. The number of hydrogen-bond acceptors (Lipinski definition) is 4. The molecule has 0 aromatic heterocycles. The van der Waals surface area contributed by atoms with Crippen molar-refractivity contribution in [1.82, 2.24) is 10.2 Å². The molecule has 1 aromatic rings. The van der Waals surface area contributed by atoms with Gasteiger partial charge in [-0.25, -0.2) is 0 Å². The van der Waals surface area contributed by atoms with Crippen LogP contribution in [0.15, 0.2) is 30.3 Å². The largest absolute Gasteiger partial charge is 0.466 e. The molecule has 0 unspecified atom stereocenters. The van der Waals surface area contributed by atoms with E-state index in [1.807, 2.05) is 0 Å². The van der Waals surface area contributed by atoms with E-state index in [0.717, 1.165) is 0 Å². The molecule has 0 saturated carbocycles. The summed E-state index contributed by atoms with van der Waals surface area (Å²) in [6, 6.07) is 7.92. The van der Waals surface area contributed by atoms with Crippen LogP contribution in [0.5, 0.6) is 0 Å². The first-order valence-electron chi connectivity index (χ1n) is 8.62. The minimum absolute atomic E-state index is 0.126. The predicted molar refractivity (Wildman–Crippen MR) is 89.5 cm³/mol. The first kappa shape index (κ1) is 20.2. The molecule has 0 aliphatic carbocycles. The number of hydrogen-bond donors (Lipinski definition) is 1. The molecule has 1 N–H and O–H groups in total. The Hall–Kier alpha value is -2.09. The molecule has 1 heterocycles. The molecular weight excluding hydrogens is 349 g/mol. The van der Waals surface area contributed by atoms with Crippen LogP contribution in [0.3, 0.4) is 0 Å². The Labute approximate surface area is 150 Å². The first-order chi connectivity index (χ1) is 12.3. The number of alkyl halides is 3. The SMILES string of the molecule is CCOC(=O)[C@@H]1CCN(CC(F)(F)F)CC[C@@H]1NC(=O)c1ccccc1. The van der Waals surface area contributed by atoms with Crippen molar-refractivity contribution in [2.75, 3.05) is 26.2 Å². The molecule has 1 aromatic carbocycles. The molecule has 0 spiro atoms. The summed E-state index contributed by atoms with van der Waals surface area (Å²) in [6.07, 6.45) is -3.85. The van der Waals surface area contributed by atoms with Gasteiger partial charge in [-0.15, -0.1) is 0 Å². The van der Waals surface area contributed by atoms with Gasteiger partial charge in [-0.2, -0.15) is 13.2 Å². The second-order valence-corrected chi connectivity index (χ2v) is 6.27. The lowest BCUT2D eigenvalue weighted by Gasteiger charge is -2.24. The predicted octanol–water partition coefficient (Wildman–Crippen LogP) is 2.62. The Kier molecular flexibility index (Phi) is 7.02. The van der Waals surface area contributed by atoms with Gasteiger partial charge in [0.05, 0.1) is 19.1 Å².